The second kappa shape index (κ2) is 7.11. The number of carbonyl (C=O) groups excluding carboxylic acids is 2. The molecule has 0 N–H and O–H groups in total. The van der Waals surface area contributed by atoms with Gasteiger partial charge in [0.2, 0.25) is 0 Å². The molecule has 0 amide bonds. The van der Waals surface area contributed by atoms with Crippen molar-refractivity contribution in [1.82, 2.24) is 0 Å². The first-order chi connectivity index (χ1) is 10.2. The Morgan fingerprint density at radius 2 is 1.77 bits per heavy atom. The zero-order valence-electron chi connectivity index (χ0n) is 13.9. The van der Waals surface area contributed by atoms with Crippen molar-refractivity contribution in [1.29, 1.82) is 0 Å². The van der Waals surface area contributed by atoms with Crippen LogP contribution in [0.1, 0.15) is 31.9 Å². The Morgan fingerprint density at radius 1 is 1.14 bits per heavy atom. The largest absolute Gasteiger partial charge is 0.476 e. The predicted molar refractivity (Wildman–Crippen MR) is 83.6 cm³/mol. The number of methoxy groups -OCH3 is 2. The van der Waals surface area contributed by atoms with Crippen molar-refractivity contribution in [2.45, 2.75) is 33.3 Å². The van der Waals surface area contributed by atoms with Gasteiger partial charge in [-0.15, -0.1) is 0 Å². The van der Waals surface area contributed by atoms with Crippen molar-refractivity contribution in [2.24, 2.45) is 0 Å². The highest BCUT2D eigenvalue weighted by atomic mass is 16.6. The molecule has 0 aliphatic heterocycles. The van der Waals surface area contributed by atoms with Crippen molar-refractivity contribution >= 4 is 17.5 Å². The Balaban J connectivity index is 3.25. The molecule has 0 heterocycles. The number of esters is 2. The molecule has 0 fully saturated rings. The van der Waals surface area contributed by atoms with Crippen LogP contribution in [0.15, 0.2) is 24.3 Å². The summed E-state index contributed by atoms with van der Waals surface area (Å²) in [6.07, 6.45) is 1.38. The third kappa shape index (κ3) is 4.35. The highest BCUT2D eigenvalue weighted by Gasteiger charge is 2.32. The second-order valence-corrected chi connectivity index (χ2v) is 5.45. The van der Waals surface area contributed by atoms with Gasteiger partial charge >= 0.3 is 11.9 Å². The van der Waals surface area contributed by atoms with Crippen LogP contribution in [0, 0.1) is 6.92 Å². The molecule has 0 atom stereocenters. The predicted octanol–water partition coefficient (Wildman–Crippen LogP) is 2.90. The third-order valence-electron chi connectivity index (χ3n) is 3.14. The molecule has 120 valence electrons. The van der Waals surface area contributed by atoms with Crippen LogP contribution in [0.25, 0.3) is 5.57 Å². The topological polar surface area (TPSA) is 61.8 Å². The normalized spacial score (nSPS) is 11.8. The van der Waals surface area contributed by atoms with Gasteiger partial charge < -0.3 is 14.2 Å². The van der Waals surface area contributed by atoms with Gasteiger partial charge in [-0.2, -0.15) is 0 Å². The molecule has 0 radical (unpaired) electrons. The number of carbonyl (C=O) groups is 2. The van der Waals surface area contributed by atoms with Gasteiger partial charge in [-0.3, -0.25) is 0 Å². The van der Waals surface area contributed by atoms with E-state index in [9.17, 15) is 9.59 Å². The minimum absolute atomic E-state index is 0.448. The number of benzene rings is 1. The minimum atomic E-state index is -1.14. The number of aryl methyl sites for hydroxylation is 1. The molecule has 0 aliphatic rings. The molecule has 0 bridgehead atoms. The molecule has 1 aromatic carbocycles. The van der Waals surface area contributed by atoms with Crippen molar-refractivity contribution in [3.8, 4) is 5.75 Å². The monoisotopic (exact) mass is 306 g/mol. The van der Waals surface area contributed by atoms with Gasteiger partial charge in [0.25, 0.3) is 0 Å². The maximum atomic E-state index is 11.8. The van der Waals surface area contributed by atoms with E-state index in [0.29, 0.717) is 16.9 Å². The van der Waals surface area contributed by atoms with Crippen molar-refractivity contribution in [3.63, 3.8) is 0 Å². The van der Waals surface area contributed by atoms with Crippen LogP contribution in [0.5, 0.6) is 5.75 Å². The Hall–Kier alpha value is -2.30. The SMILES string of the molecule is COC(=O)/C=C(\C)c1ccc(C)cc1OC(C)(C)C(=O)OC. The summed E-state index contributed by atoms with van der Waals surface area (Å²) in [5.74, 6) is -0.418. The zero-order valence-corrected chi connectivity index (χ0v) is 13.9. The summed E-state index contributed by atoms with van der Waals surface area (Å²) >= 11 is 0. The van der Waals surface area contributed by atoms with Gasteiger partial charge in [0.1, 0.15) is 5.75 Å². The molecule has 0 unspecified atom stereocenters. The van der Waals surface area contributed by atoms with E-state index < -0.39 is 17.5 Å². The molecule has 0 spiro atoms. The lowest BCUT2D eigenvalue weighted by molar-refractivity contribution is -0.156. The first-order valence-corrected chi connectivity index (χ1v) is 6.86. The summed E-state index contributed by atoms with van der Waals surface area (Å²) in [7, 11) is 2.63. The maximum absolute atomic E-state index is 11.8. The quantitative estimate of drug-likeness (QED) is 0.618. The Bertz CT molecular complexity index is 599. The Morgan fingerprint density at radius 3 is 2.32 bits per heavy atom. The van der Waals surface area contributed by atoms with E-state index in [1.54, 1.807) is 20.8 Å². The lowest BCUT2D eigenvalue weighted by atomic mass is 10.0. The van der Waals surface area contributed by atoms with E-state index in [1.807, 2.05) is 25.1 Å². The van der Waals surface area contributed by atoms with Gasteiger partial charge in [-0.1, -0.05) is 12.1 Å². The summed E-state index contributed by atoms with van der Waals surface area (Å²) in [4.78, 5) is 23.2. The van der Waals surface area contributed by atoms with Crippen LogP contribution in [-0.4, -0.2) is 31.8 Å². The smallest absolute Gasteiger partial charge is 0.349 e. The molecule has 1 aromatic rings. The van der Waals surface area contributed by atoms with Crippen LogP contribution >= 0.6 is 0 Å². The number of ether oxygens (including phenoxy) is 3. The van der Waals surface area contributed by atoms with Gasteiger partial charge in [-0.05, 0) is 44.9 Å². The van der Waals surface area contributed by atoms with E-state index in [0.717, 1.165) is 5.56 Å². The maximum Gasteiger partial charge on any atom is 0.349 e. The van der Waals surface area contributed by atoms with Crippen LogP contribution in [-0.2, 0) is 19.1 Å². The molecule has 0 aliphatic carbocycles. The van der Waals surface area contributed by atoms with E-state index in [1.165, 1.54) is 20.3 Å². The summed E-state index contributed by atoms with van der Waals surface area (Å²) in [6.45, 7) is 6.95. The van der Waals surface area contributed by atoms with Crippen LogP contribution in [0.2, 0.25) is 0 Å². The average Bonchev–Trinajstić information content (AvgIpc) is 2.45. The lowest BCUT2D eigenvalue weighted by Gasteiger charge is -2.25. The standard InChI is InChI=1S/C17H22O5/c1-11-7-8-13(12(2)10-15(18)20-5)14(9-11)22-17(3,4)16(19)21-6/h7-10H,1-6H3/b12-10+. The summed E-state index contributed by atoms with van der Waals surface area (Å²) in [5, 5.41) is 0. The molecule has 22 heavy (non-hydrogen) atoms. The van der Waals surface area contributed by atoms with Crippen LogP contribution in [0.3, 0.4) is 0 Å². The van der Waals surface area contributed by atoms with Crippen LogP contribution < -0.4 is 4.74 Å². The minimum Gasteiger partial charge on any atom is -0.476 e. The van der Waals surface area contributed by atoms with E-state index in [2.05, 4.69) is 4.74 Å². The molecule has 0 saturated carbocycles. The Kier molecular flexibility index (Phi) is 5.74. The highest BCUT2D eigenvalue weighted by molar-refractivity contribution is 5.91. The molecular weight excluding hydrogens is 284 g/mol. The highest BCUT2D eigenvalue weighted by Crippen LogP contribution is 2.30. The molecule has 0 saturated heterocycles. The van der Waals surface area contributed by atoms with Gasteiger partial charge in [0, 0.05) is 11.6 Å². The van der Waals surface area contributed by atoms with Crippen LogP contribution in [0.4, 0.5) is 0 Å². The van der Waals surface area contributed by atoms with E-state index in [4.69, 9.17) is 9.47 Å². The summed E-state index contributed by atoms with van der Waals surface area (Å²) < 4.78 is 15.2. The zero-order chi connectivity index (χ0) is 16.9. The number of hydrogen-bond acceptors (Lipinski definition) is 5. The lowest BCUT2D eigenvalue weighted by Crippen LogP contribution is -2.39. The molecular formula is C17H22O5. The van der Waals surface area contributed by atoms with Crippen molar-refractivity contribution < 1.29 is 23.8 Å². The fraction of sp³-hybridized carbons (Fsp3) is 0.412. The Labute approximate surface area is 130 Å². The van der Waals surface area contributed by atoms with Gasteiger partial charge in [0.05, 0.1) is 14.2 Å². The number of hydrogen-bond donors (Lipinski definition) is 0. The van der Waals surface area contributed by atoms with E-state index >= 15 is 0 Å². The van der Waals surface area contributed by atoms with E-state index in [-0.39, 0.29) is 0 Å². The van der Waals surface area contributed by atoms with Crippen molar-refractivity contribution in [2.75, 3.05) is 14.2 Å². The molecule has 1 rings (SSSR count). The molecule has 5 nitrogen and oxygen atoms in total. The summed E-state index contributed by atoms with van der Waals surface area (Å²) in [6, 6.07) is 5.56. The number of rotatable bonds is 5. The third-order valence-corrected chi connectivity index (χ3v) is 3.14. The first kappa shape index (κ1) is 17.8. The first-order valence-electron chi connectivity index (χ1n) is 6.86. The fourth-order valence-electron chi connectivity index (χ4n) is 1.92. The van der Waals surface area contributed by atoms with Gasteiger partial charge in [-0.25, -0.2) is 9.59 Å². The second-order valence-electron chi connectivity index (χ2n) is 5.45. The van der Waals surface area contributed by atoms with Gasteiger partial charge in [0.15, 0.2) is 5.60 Å². The fourth-order valence-corrected chi connectivity index (χ4v) is 1.92. The average molecular weight is 306 g/mol. The van der Waals surface area contributed by atoms with Crippen molar-refractivity contribution in [3.05, 3.63) is 35.4 Å². The summed E-state index contributed by atoms with van der Waals surface area (Å²) in [5.41, 5.74) is 1.24. The number of allylic oxidation sites excluding steroid dienone is 1. The molecule has 5 heteroatoms. The molecule has 0 aromatic heterocycles.